The topological polar surface area (TPSA) is 93.2 Å². The summed E-state index contributed by atoms with van der Waals surface area (Å²) in [6, 6.07) is 0. The normalized spacial score (nSPS) is 18.1. The highest BCUT2D eigenvalue weighted by molar-refractivity contribution is 6.65. The van der Waals surface area contributed by atoms with Crippen LogP contribution in [0.15, 0.2) is 16.4 Å². The Morgan fingerprint density at radius 1 is 1.26 bits per heavy atom. The Kier molecular flexibility index (Phi) is 9.48. The van der Waals surface area contributed by atoms with Gasteiger partial charge in [0.1, 0.15) is 11.4 Å². The molecule has 174 valence electrons. The van der Waals surface area contributed by atoms with Crippen LogP contribution in [0.5, 0.6) is 0 Å². The van der Waals surface area contributed by atoms with Crippen LogP contribution in [0.2, 0.25) is 0 Å². The molecule has 0 spiro atoms. The van der Waals surface area contributed by atoms with Crippen molar-refractivity contribution >= 4 is 23.0 Å². The molecule has 0 bridgehead atoms. The van der Waals surface area contributed by atoms with Crippen LogP contribution in [0, 0.1) is 11.8 Å². The fourth-order valence-corrected chi connectivity index (χ4v) is 3.61. The first kappa shape index (κ1) is 25.3. The minimum absolute atomic E-state index is 0.299. The number of carbonyl (C=O) groups excluding carboxylic acids is 1. The molecule has 1 heterocycles. The quantitative estimate of drug-likeness (QED) is 0.296. The summed E-state index contributed by atoms with van der Waals surface area (Å²) in [5.41, 5.74) is -0.102. The van der Waals surface area contributed by atoms with E-state index in [1.807, 2.05) is 34.6 Å². The van der Waals surface area contributed by atoms with Crippen molar-refractivity contribution in [2.75, 3.05) is 26.3 Å². The van der Waals surface area contributed by atoms with Gasteiger partial charge in [0.05, 0.1) is 17.7 Å². The first-order chi connectivity index (χ1) is 14.7. The van der Waals surface area contributed by atoms with Gasteiger partial charge in [0.2, 0.25) is 6.29 Å². The Morgan fingerprint density at radius 3 is 2.48 bits per heavy atom. The summed E-state index contributed by atoms with van der Waals surface area (Å²) in [6.07, 6.45) is 2.92. The summed E-state index contributed by atoms with van der Waals surface area (Å²) < 4.78 is 16.4. The number of amidine groups is 1. The number of alkyl carbamates (subject to hydrolysis) is 1. The molecule has 1 saturated carbocycles. The highest BCUT2D eigenvalue weighted by atomic mass is 35.5. The molecule has 8 nitrogen and oxygen atoms in total. The largest absolute Gasteiger partial charge is 0.444 e. The highest BCUT2D eigenvalue weighted by Crippen LogP contribution is 2.30. The molecular weight excluding hydrogens is 420 g/mol. The monoisotopic (exact) mass is 454 g/mol. The van der Waals surface area contributed by atoms with Crippen molar-refractivity contribution in [1.82, 2.24) is 16.0 Å². The molecule has 0 aromatic carbocycles. The second-order valence-electron chi connectivity index (χ2n) is 8.57. The summed E-state index contributed by atoms with van der Waals surface area (Å²) >= 11 is 6.15. The number of rotatable bonds is 8. The zero-order valence-corrected chi connectivity index (χ0v) is 19.9. The molecule has 2 rings (SSSR count). The van der Waals surface area contributed by atoms with Crippen LogP contribution in [-0.4, -0.2) is 55.1 Å². The molecule has 3 N–H and O–H groups in total. The van der Waals surface area contributed by atoms with Crippen molar-refractivity contribution in [3.05, 3.63) is 11.4 Å². The first-order valence-corrected chi connectivity index (χ1v) is 11.2. The zero-order valence-electron chi connectivity index (χ0n) is 19.2. The summed E-state index contributed by atoms with van der Waals surface area (Å²) in [6.45, 7) is 11.1. The third-order valence-corrected chi connectivity index (χ3v) is 5.02. The van der Waals surface area contributed by atoms with Gasteiger partial charge in [0, 0.05) is 19.8 Å². The van der Waals surface area contributed by atoms with E-state index in [1.165, 1.54) is 0 Å². The van der Waals surface area contributed by atoms with E-state index in [0.717, 1.165) is 31.3 Å². The molecule has 0 saturated heterocycles. The molecule has 1 aliphatic carbocycles. The van der Waals surface area contributed by atoms with E-state index in [4.69, 9.17) is 25.8 Å². The predicted molar refractivity (Wildman–Crippen MR) is 122 cm³/mol. The zero-order chi connectivity index (χ0) is 22.9. The molecule has 0 aromatic heterocycles. The predicted octanol–water partition coefficient (Wildman–Crippen LogP) is 3.23. The number of nitrogens with one attached hydrogen (secondary N) is 3. The van der Waals surface area contributed by atoms with Gasteiger partial charge in [-0.3, -0.25) is 4.99 Å². The van der Waals surface area contributed by atoms with E-state index >= 15 is 0 Å². The summed E-state index contributed by atoms with van der Waals surface area (Å²) in [4.78, 5) is 16.4. The van der Waals surface area contributed by atoms with Crippen molar-refractivity contribution in [3.8, 4) is 11.8 Å². The van der Waals surface area contributed by atoms with Crippen LogP contribution in [0.25, 0.3) is 0 Å². The Morgan fingerprint density at radius 2 is 1.90 bits per heavy atom. The fourth-order valence-electron chi connectivity index (χ4n) is 3.45. The maximum Gasteiger partial charge on any atom is 0.407 e. The molecule has 2 aliphatic rings. The number of nitrogens with zero attached hydrogens (tertiary/aromatic N) is 1. The lowest BCUT2D eigenvalue weighted by Crippen LogP contribution is -2.54. The van der Waals surface area contributed by atoms with Crippen molar-refractivity contribution in [1.29, 1.82) is 0 Å². The minimum atomic E-state index is -0.598. The molecule has 0 radical (unpaired) electrons. The van der Waals surface area contributed by atoms with Gasteiger partial charge < -0.3 is 30.2 Å². The fraction of sp³-hybridized carbons (Fsp3) is 0.727. The summed E-state index contributed by atoms with van der Waals surface area (Å²) in [5.74, 6) is 6.84. The first-order valence-electron chi connectivity index (χ1n) is 10.9. The van der Waals surface area contributed by atoms with E-state index < -0.39 is 18.0 Å². The Labute approximate surface area is 190 Å². The smallest absolute Gasteiger partial charge is 0.407 e. The Bertz CT molecular complexity index is 737. The van der Waals surface area contributed by atoms with E-state index in [-0.39, 0.29) is 5.54 Å². The molecule has 0 aromatic rings. The van der Waals surface area contributed by atoms with Crippen molar-refractivity contribution in [2.24, 2.45) is 4.99 Å². The SMILES string of the molecule is CCOC(C#CC1=C(NC2(CNC(=O)OC(C)(C)C)CCCC2)NC(Cl)=NC1)OCC. The molecule has 0 unspecified atom stereocenters. The van der Waals surface area contributed by atoms with E-state index in [1.54, 1.807) is 0 Å². The lowest BCUT2D eigenvalue weighted by Gasteiger charge is -2.34. The molecule has 31 heavy (non-hydrogen) atoms. The van der Waals surface area contributed by atoms with Crippen LogP contribution in [0.1, 0.15) is 60.3 Å². The van der Waals surface area contributed by atoms with E-state index in [0.29, 0.717) is 37.4 Å². The maximum atomic E-state index is 12.2. The molecule has 1 fully saturated rings. The molecule has 9 heteroatoms. The van der Waals surface area contributed by atoms with Crippen molar-refractivity contribution in [3.63, 3.8) is 0 Å². The number of hydrogen-bond donors (Lipinski definition) is 3. The van der Waals surface area contributed by atoms with Crippen LogP contribution in [-0.2, 0) is 14.2 Å². The second-order valence-corrected chi connectivity index (χ2v) is 8.92. The van der Waals surface area contributed by atoms with Gasteiger partial charge >= 0.3 is 6.09 Å². The van der Waals surface area contributed by atoms with Crippen LogP contribution in [0.4, 0.5) is 4.79 Å². The number of aliphatic imine (C=N–C) groups is 1. The molecule has 0 atom stereocenters. The number of ether oxygens (including phenoxy) is 3. The van der Waals surface area contributed by atoms with E-state index in [9.17, 15) is 4.79 Å². The van der Waals surface area contributed by atoms with Gasteiger partial charge in [-0.2, -0.15) is 0 Å². The Hall–Kier alpha value is -1.95. The standard InChI is InChI=1S/C22H35ClN4O4/c1-6-29-17(30-7-2)11-10-16-14-24-19(23)26-18(16)27-22(12-8-9-13-22)15-25-20(28)31-21(3,4)5/h17,27H,6-9,12-15H2,1-5H3,(H,24,26)(H,25,28). The lowest BCUT2D eigenvalue weighted by atomic mass is 9.97. The third kappa shape index (κ3) is 8.60. The highest BCUT2D eigenvalue weighted by Gasteiger charge is 2.36. The number of hydrogen-bond acceptors (Lipinski definition) is 7. The number of amides is 1. The van der Waals surface area contributed by atoms with Gasteiger partial charge in [0.15, 0.2) is 5.29 Å². The second kappa shape index (κ2) is 11.6. The molecule has 1 aliphatic heterocycles. The Balaban J connectivity index is 2.17. The number of carbonyl (C=O) groups is 1. The minimum Gasteiger partial charge on any atom is -0.444 e. The van der Waals surface area contributed by atoms with Crippen LogP contribution < -0.4 is 16.0 Å². The van der Waals surface area contributed by atoms with E-state index in [2.05, 4.69) is 32.8 Å². The van der Waals surface area contributed by atoms with Crippen LogP contribution >= 0.6 is 11.6 Å². The number of halogens is 1. The maximum absolute atomic E-state index is 12.2. The van der Waals surface area contributed by atoms with Gasteiger partial charge in [-0.1, -0.05) is 18.8 Å². The summed E-state index contributed by atoms with van der Waals surface area (Å²) in [7, 11) is 0. The van der Waals surface area contributed by atoms with Crippen LogP contribution in [0.3, 0.4) is 0 Å². The average Bonchev–Trinajstić information content (AvgIpc) is 3.13. The molecule has 1 amide bonds. The van der Waals surface area contributed by atoms with Gasteiger partial charge in [-0.15, -0.1) is 0 Å². The van der Waals surface area contributed by atoms with Gasteiger partial charge in [-0.25, -0.2) is 4.79 Å². The van der Waals surface area contributed by atoms with Crippen molar-refractivity contribution in [2.45, 2.75) is 77.7 Å². The molecular formula is C22H35ClN4O4. The lowest BCUT2D eigenvalue weighted by molar-refractivity contribution is -0.0970. The summed E-state index contributed by atoms with van der Waals surface area (Å²) in [5, 5.41) is 9.86. The third-order valence-electron chi connectivity index (χ3n) is 4.80. The van der Waals surface area contributed by atoms with Gasteiger partial charge in [-0.05, 0) is 65.0 Å². The average molecular weight is 455 g/mol. The van der Waals surface area contributed by atoms with Crippen molar-refractivity contribution < 1.29 is 19.0 Å². The van der Waals surface area contributed by atoms with Gasteiger partial charge in [0.25, 0.3) is 0 Å².